The van der Waals surface area contributed by atoms with Crippen molar-refractivity contribution in [2.24, 2.45) is 0 Å². The number of hydrogen-bond acceptors (Lipinski definition) is 2. The summed E-state index contributed by atoms with van der Waals surface area (Å²) in [5.74, 6) is -2.03. The Labute approximate surface area is 97.2 Å². The topological polar surface area (TPSA) is 41.1 Å². The molecule has 82 valence electrons. The first-order chi connectivity index (χ1) is 6.89. The number of halogens is 4. The molecule has 0 atom stereocenters. The van der Waals surface area contributed by atoms with Crippen LogP contribution in [0.4, 0.5) is 18.9 Å². The van der Waals surface area contributed by atoms with E-state index in [1.165, 1.54) is 0 Å². The highest BCUT2D eigenvalue weighted by atomic mass is 127. The van der Waals surface area contributed by atoms with Crippen LogP contribution in [0.5, 0.6) is 0 Å². The molecule has 0 saturated carbocycles. The van der Waals surface area contributed by atoms with Crippen molar-refractivity contribution in [2.75, 3.05) is 5.43 Å². The summed E-state index contributed by atoms with van der Waals surface area (Å²) in [6.45, 7) is 0. The molecule has 0 bridgehead atoms. The molecule has 3 nitrogen and oxygen atoms in total. The van der Waals surface area contributed by atoms with Crippen molar-refractivity contribution in [1.29, 1.82) is 0 Å². The molecule has 1 amide bonds. The van der Waals surface area contributed by atoms with Crippen LogP contribution in [0.25, 0.3) is 0 Å². The summed E-state index contributed by atoms with van der Waals surface area (Å²) >= 11 is 2.06. The predicted molar refractivity (Wildman–Crippen MR) is 57.0 cm³/mol. The SMILES string of the molecule is O=C(NNc1ccc(I)cc1)C(F)(F)F. The number of alkyl halides is 3. The van der Waals surface area contributed by atoms with Crippen molar-refractivity contribution in [3.05, 3.63) is 27.8 Å². The van der Waals surface area contributed by atoms with E-state index in [0.29, 0.717) is 5.69 Å². The lowest BCUT2D eigenvalue weighted by Crippen LogP contribution is -2.40. The van der Waals surface area contributed by atoms with Gasteiger partial charge in [-0.15, -0.1) is 0 Å². The van der Waals surface area contributed by atoms with Crippen LogP contribution in [0.1, 0.15) is 0 Å². The van der Waals surface area contributed by atoms with E-state index >= 15 is 0 Å². The van der Waals surface area contributed by atoms with Gasteiger partial charge >= 0.3 is 12.1 Å². The summed E-state index contributed by atoms with van der Waals surface area (Å²) in [5, 5.41) is 0. The quantitative estimate of drug-likeness (QED) is 0.645. The van der Waals surface area contributed by atoms with E-state index in [0.717, 1.165) is 3.57 Å². The molecular formula is C8H6F3IN2O. The van der Waals surface area contributed by atoms with E-state index in [9.17, 15) is 18.0 Å². The van der Waals surface area contributed by atoms with Gasteiger partial charge in [0.2, 0.25) is 0 Å². The van der Waals surface area contributed by atoms with E-state index in [1.54, 1.807) is 29.7 Å². The van der Waals surface area contributed by atoms with Gasteiger partial charge in [0.15, 0.2) is 0 Å². The molecule has 0 spiro atoms. The van der Waals surface area contributed by atoms with Gasteiger partial charge in [0.25, 0.3) is 0 Å². The minimum Gasteiger partial charge on any atom is -0.298 e. The zero-order valence-electron chi connectivity index (χ0n) is 7.23. The van der Waals surface area contributed by atoms with Crippen molar-refractivity contribution in [2.45, 2.75) is 6.18 Å². The number of hydrazine groups is 1. The molecule has 0 aliphatic heterocycles. The van der Waals surface area contributed by atoms with E-state index < -0.39 is 12.1 Å². The Morgan fingerprint density at radius 2 is 1.73 bits per heavy atom. The monoisotopic (exact) mass is 330 g/mol. The number of benzene rings is 1. The van der Waals surface area contributed by atoms with Gasteiger partial charge in [0.1, 0.15) is 0 Å². The van der Waals surface area contributed by atoms with Crippen molar-refractivity contribution < 1.29 is 18.0 Å². The molecule has 2 N–H and O–H groups in total. The van der Waals surface area contributed by atoms with Crippen molar-refractivity contribution in [1.82, 2.24) is 5.43 Å². The molecule has 0 aliphatic rings. The van der Waals surface area contributed by atoms with Crippen LogP contribution in [-0.4, -0.2) is 12.1 Å². The molecule has 0 aromatic heterocycles. The second-order valence-corrected chi connectivity index (χ2v) is 3.83. The average molecular weight is 330 g/mol. The third-order valence-corrected chi connectivity index (χ3v) is 2.14. The Morgan fingerprint density at radius 1 is 1.20 bits per heavy atom. The highest BCUT2D eigenvalue weighted by Gasteiger charge is 2.38. The average Bonchev–Trinajstić information content (AvgIpc) is 2.15. The van der Waals surface area contributed by atoms with Crippen molar-refractivity contribution >= 4 is 34.2 Å². The molecule has 15 heavy (non-hydrogen) atoms. The zero-order chi connectivity index (χ0) is 11.5. The van der Waals surface area contributed by atoms with Gasteiger partial charge in [-0.25, -0.2) is 0 Å². The second kappa shape index (κ2) is 4.69. The summed E-state index contributed by atoms with van der Waals surface area (Å²) in [5.41, 5.74) is 4.08. The van der Waals surface area contributed by atoms with Crippen LogP contribution >= 0.6 is 22.6 Å². The van der Waals surface area contributed by atoms with E-state index in [-0.39, 0.29) is 0 Å². The van der Waals surface area contributed by atoms with E-state index in [2.05, 4.69) is 28.0 Å². The molecule has 0 aliphatic carbocycles. The fourth-order valence-corrected chi connectivity index (χ4v) is 1.09. The first-order valence-corrected chi connectivity index (χ1v) is 4.86. The van der Waals surface area contributed by atoms with Gasteiger partial charge in [-0.1, -0.05) is 0 Å². The number of anilines is 1. The summed E-state index contributed by atoms with van der Waals surface area (Å²) < 4.78 is 36.2. The first kappa shape index (κ1) is 12.1. The lowest BCUT2D eigenvalue weighted by Gasteiger charge is -2.09. The number of hydrogen-bond donors (Lipinski definition) is 2. The highest BCUT2D eigenvalue weighted by molar-refractivity contribution is 14.1. The van der Waals surface area contributed by atoms with Crippen LogP contribution in [0.3, 0.4) is 0 Å². The molecule has 0 heterocycles. The minimum absolute atomic E-state index is 0.382. The van der Waals surface area contributed by atoms with E-state index in [1.807, 2.05) is 0 Å². The zero-order valence-corrected chi connectivity index (χ0v) is 9.39. The minimum atomic E-state index is -4.88. The van der Waals surface area contributed by atoms with Gasteiger partial charge in [-0.3, -0.25) is 15.6 Å². The fourth-order valence-electron chi connectivity index (χ4n) is 0.733. The Balaban J connectivity index is 2.51. The number of rotatable bonds is 2. The molecule has 0 saturated heterocycles. The molecule has 1 rings (SSSR count). The molecule has 0 fully saturated rings. The number of carbonyl (C=O) groups is 1. The van der Waals surface area contributed by atoms with Crippen LogP contribution in [0.15, 0.2) is 24.3 Å². The smallest absolute Gasteiger partial charge is 0.298 e. The summed E-state index contributed by atoms with van der Waals surface area (Å²) in [6.07, 6.45) is -4.88. The molecule has 1 aromatic rings. The summed E-state index contributed by atoms with van der Waals surface area (Å²) in [7, 11) is 0. The standard InChI is InChI=1S/C8H6F3IN2O/c9-8(10,11)7(15)14-13-6-3-1-5(12)2-4-6/h1-4,13H,(H,14,15). The maximum atomic E-state index is 11.8. The first-order valence-electron chi connectivity index (χ1n) is 3.78. The van der Waals surface area contributed by atoms with Crippen LogP contribution in [-0.2, 0) is 4.79 Å². The fraction of sp³-hybridized carbons (Fsp3) is 0.125. The highest BCUT2D eigenvalue weighted by Crippen LogP contribution is 2.15. The maximum Gasteiger partial charge on any atom is 0.472 e. The van der Waals surface area contributed by atoms with Crippen LogP contribution in [0, 0.1) is 3.57 Å². The predicted octanol–water partition coefficient (Wildman–Crippen LogP) is 2.30. The molecule has 0 unspecified atom stereocenters. The van der Waals surface area contributed by atoms with Gasteiger partial charge < -0.3 is 0 Å². The third kappa shape index (κ3) is 3.94. The Morgan fingerprint density at radius 3 is 2.20 bits per heavy atom. The number of amides is 1. The van der Waals surface area contributed by atoms with Gasteiger partial charge in [-0.05, 0) is 46.9 Å². The second-order valence-electron chi connectivity index (χ2n) is 2.58. The van der Waals surface area contributed by atoms with Gasteiger partial charge in [0.05, 0.1) is 5.69 Å². The molecule has 1 aromatic carbocycles. The number of nitrogens with one attached hydrogen (secondary N) is 2. The lowest BCUT2D eigenvalue weighted by molar-refractivity contribution is -0.173. The maximum absolute atomic E-state index is 11.8. The van der Waals surface area contributed by atoms with Crippen LogP contribution in [0.2, 0.25) is 0 Å². The summed E-state index contributed by atoms with van der Waals surface area (Å²) in [6, 6.07) is 6.50. The Kier molecular flexibility index (Phi) is 3.77. The molecule has 7 heteroatoms. The molecule has 0 radical (unpaired) electrons. The lowest BCUT2D eigenvalue weighted by atomic mass is 10.3. The largest absolute Gasteiger partial charge is 0.472 e. The summed E-state index contributed by atoms with van der Waals surface area (Å²) in [4.78, 5) is 10.4. The van der Waals surface area contributed by atoms with Gasteiger partial charge in [-0.2, -0.15) is 13.2 Å². The third-order valence-electron chi connectivity index (χ3n) is 1.42. The normalized spacial score (nSPS) is 10.9. The van der Waals surface area contributed by atoms with Crippen molar-refractivity contribution in [3.8, 4) is 0 Å². The van der Waals surface area contributed by atoms with Crippen molar-refractivity contribution in [3.63, 3.8) is 0 Å². The van der Waals surface area contributed by atoms with Gasteiger partial charge in [0, 0.05) is 3.57 Å². The molecular weight excluding hydrogens is 324 g/mol. The Bertz CT molecular complexity index is 350. The van der Waals surface area contributed by atoms with E-state index in [4.69, 9.17) is 0 Å². The Hall–Kier alpha value is -0.990. The number of carbonyl (C=O) groups excluding carboxylic acids is 1. The van der Waals surface area contributed by atoms with Crippen LogP contribution < -0.4 is 10.9 Å².